The third kappa shape index (κ3) is 4.22. The zero-order valence-corrected chi connectivity index (χ0v) is 21.4. The second-order valence-electron chi connectivity index (χ2n) is 9.39. The predicted octanol–water partition coefficient (Wildman–Crippen LogP) is 5.79. The highest BCUT2D eigenvalue weighted by Crippen LogP contribution is 2.38. The molecule has 0 saturated carbocycles. The van der Waals surface area contributed by atoms with Gasteiger partial charge in [-0.3, -0.25) is 0 Å². The summed E-state index contributed by atoms with van der Waals surface area (Å²) in [6.45, 7) is 2.82. The van der Waals surface area contributed by atoms with Gasteiger partial charge >= 0.3 is 6.03 Å². The summed E-state index contributed by atoms with van der Waals surface area (Å²) in [6, 6.07) is 31.8. The van der Waals surface area contributed by atoms with Crippen molar-refractivity contribution in [3.05, 3.63) is 131 Å². The maximum absolute atomic E-state index is 13.9. The van der Waals surface area contributed by atoms with Gasteiger partial charge in [0.15, 0.2) is 0 Å². The smallest absolute Gasteiger partial charge is 0.318 e. The summed E-state index contributed by atoms with van der Waals surface area (Å²) in [5.41, 5.74) is 5.91. The fourth-order valence-electron chi connectivity index (χ4n) is 5.20. The Morgan fingerprint density at radius 3 is 2.50 bits per heavy atom. The van der Waals surface area contributed by atoms with Crippen LogP contribution in [0.25, 0.3) is 11.5 Å². The van der Waals surface area contributed by atoms with Crippen molar-refractivity contribution in [2.45, 2.75) is 26.1 Å². The molecule has 1 N–H and O–H groups in total. The first-order valence-corrected chi connectivity index (χ1v) is 12.7. The van der Waals surface area contributed by atoms with E-state index in [9.17, 15) is 4.79 Å². The van der Waals surface area contributed by atoms with Crippen molar-refractivity contribution >= 4 is 6.03 Å². The normalized spacial score (nSPS) is 14.4. The highest BCUT2D eigenvalue weighted by atomic mass is 16.5. The first kappa shape index (κ1) is 23.6. The lowest BCUT2D eigenvalue weighted by Crippen LogP contribution is -2.41. The van der Waals surface area contributed by atoms with Crippen molar-refractivity contribution in [3.8, 4) is 17.3 Å². The lowest BCUT2D eigenvalue weighted by atomic mass is 10.0. The van der Waals surface area contributed by atoms with E-state index in [0.717, 1.165) is 45.3 Å². The van der Waals surface area contributed by atoms with Gasteiger partial charge in [-0.1, -0.05) is 60.7 Å². The summed E-state index contributed by atoms with van der Waals surface area (Å²) < 4.78 is 9.51. The molecule has 1 atom stereocenters. The molecule has 7 heteroatoms. The number of ether oxygens (including phenoxy) is 1. The number of benzene rings is 3. The summed E-state index contributed by atoms with van der Waals surface area (Å²) in [7, 11) is 1.64. The molecule has 0 saturated heterocycles. The van der Waals surface area contributed by atoms with Crippen LogP contribution < -0.4 is 10.1 Å². The van der Waals surface area contributed by atoms with Crippen molar-refractivity contribution in [1.82, 2.24) is 24.6 Å². The molecule has 1 aliphatic rings. The molecular weight excluding hydrogens is 474 g/mol. The summed E-state index contributed by atoms with van der Waals surface area (Å²) in [5, 5.41) is 8.06. The Morgan fingerprint density at radius 2 is 1.74 bits per heavy atom. The number of para-hydroxylation sites is 1. The van der Waals surface area contributed by atoms with Gasteiger partial charge in [0.2, 0.25) is 0 Å². The van der Waals surface area contributed by atoms with Crippen LogP contribution in [0.5, 0.6) is 5.75 Å². The number of methoxy groups -OCH3 is 1. The van der Waals surface area contributed by atoms with Crippen LogP contribution in [0.1, 0.15) is 34.1 Å². The van der Waals surface area contributed by atoms with Gasteiger partial charge in [-0.25, -0.2) is 9.48 Å². The highest BCUT2D eigenvalue weighted by molar-refractivity contribution is 5.76. The molecule has 0 spiro atoms. The number of rotatable bonds is 5. The van der Waals surface area contributed by atoms with Crippen LogP contribution in [-0.2, 0) is 13.1 Å². The van der Waals surface area contributed by atoms with Crippen LogP contribution in [-0.4, -0.2) is 32.4 Å². The molecule has 0 bridgehead atoms. The molecule has 7 nitrogen and oxygen atoms in total. The van der Waals surface area contributed by atoms with Crippen molar-refractivity contribution in [3.63, 3.8) is 0 Å². The van der Waals surface area contributed by atoms with E-state index in [-0.39, 0.29) is 12.1 Å². The molecule has 1 aliphatic heterocycles. The Labute approximate surface area is 221 Å². The molecular formula is C31H29N5O2. The topological polar surface area (TPSA) is 64.3 Å². The molecule has 6 rings (SSSR count). The lowest BCUT2D eigenvalue weighted by Gasteiger charge is -2.31. The number of hydrogen-bond donors (Lipinski definition) is 1. The number of urea groups is 1. The third-order valence-corrected chi connectivity index (χ3v) is 7.04. The molecule has 5 aromatic rings. The van der Waals surface area contributed by atoms with E-state index in [4.69, 9.17) is 9.84 Å². The van der Waals surface area contributed by atoms with Crippen LogP contribution in [0.2, 0.25) is 0 Å². The number of carbonyl (C=O) groups is 1. The number of carbonyl (C=O) groups excluding carboxylic acids is 1. The number of fused-ring (bicyclic) bond motifs is 3. The van der Waals surface area contributed by atoms with Gasteiger partial charge in [0.25, 0.3) is 0 Å². The Hall–Kier alpha value is -4.78. The third-order valence-electron chi connectivity index (χ3n) is 7.04. The molecule has 0 aliphatic carbocycles. The average Bonchev–Trinajstić information content (AvgIpc) is 3.53. The van der Waals surface area contributed by atoms with E-state index in [2.05, 4.69) is 34.3 Å². The van der Waals surface area contributed by atoms with Crippen molar-refractivity contribution in [1.29, 1.82) is 0 Å². The standard InChI is InChI=1S/C31H29N5O2/c1-22-27-21-35(31(37)32-20-23-11-9-16-26(19-23)38-2)29(24-12-5-3-6-13-24)28-17-10-18-34(28)30(27)36(33-22)25-14-7-4-8-15-25/h3-19,29H,20-21H2,1-2H3,(H,32,37). The second kappa shape index (κ2) is 9.94. The average molecular weight is 504 g/mol. The minimum Gasteiger partial charge on any atom is -0.497 e. The van der Waals surface area contributed by atoms with Crippen molar-refractivity contribution in [2.24, 2.45) is 0 Å². The predicted molar refractivity (Wildman–Crippen MR) is 147 cm³/mol. The second-order valence-corrected chi connectivity index (χ2v) is 9.39. The zero-order chi connectivity index (χ0) is 26.1. The lowest BCUT2D eigenvalue weighted by molar-refractivity contribution is 0.180. The number of aryl methyl sites for hydroxylation is 1. The van der Waals surface area contributed by atoms with Gasteiger partial charge in [0.1, 0.15) is 11.6 Å². The van der Waals surface area contributed by atoms with E-state index >= 15 is 0 Å². The molecule has 190 valence electrons. The number of amides is 2. The fourth-order valence-corrected chi connectivity index (χ4v) is 5.20. The maximum Gasteiger partial charge on any atom is 0.318 e. The van der Waals surface area contributed by atoms with Gasteiger partial charge < -0.3 is 19.5 Å². The van der Waals surface area contributed by atoms with E-state index in [0.29, 0.717) is 13.1 Å². The molecule has 0 fully saturated rings. The van der Waals surface area contributed by atoms with Crippen LogP contribution in [0, 0.1) is 6.92 Å². The highest BCUT2D eigenvalue weighted by Gasteiger charge is 2.35. The Bertz CT molecular complexity index is 1570. The van der Waals surface area contributed by atoms with Crippen LogP contribution in [0.4, 0.5) is 4.79 Å². The SMILES string of the molecule is COc1cccc(CNC(=O)N2Cc3c(C)nn(-c4ccccc4)c3-n3cccc3C2c2ccccc2)c1. The van der Waals surface area contributed by atoms with Crippen LogP contribution in [0.15, 0.2) is 103 Å². The van der Waals surface area contributed by atoms with Crippen LogP contribution >= 0.6 is 0 Å². The van der Waals surface area contributed by atoms with Gasteiger partial charge in [0, 0.05) is 18.3 Å². The molecule has 1 unspecified atom stereocenters. The van der Waals surface area contributed by atoms with Crippen LogP contribution in [0.3, 0.4) is 0 Å². The van der Waals surface area contributed by atoms with Gasteiger partial charge in [-0.2, -0.15) is 5.10 Å². The van der Waals surface area contributed by atoms with E-state index in [1.807, 2.05) is 95.4 Å². The molecule has 2 amide bonds. The number of hydrogen-bond acceptors (Lipinski definition) is 3. The number of nitrogens with one attached hydrogen (secondary N) is 1. The number of aromatic nitrogens is 3. The summed E-state index contributed by atoms with van der Waals surface area (Å²) >= 11 is 0. The summed E-state index contributed by atoms with van der Waals surface area (Å²) in [4.78, 5) is 15.9. The Kier molecular flexibility index (Phi) is 6.17. The Balaban J connectivity index is 1.45. The Morgan fingerprint density at radius 1 is 0.974 bits per heavy atom. The van der Waals surface area contributed by atoms with Crippen molar-refractivity contribution in [2.75, 3.05) is 7.11 Å². The fraction of sp³-hybridized carbons (Fsp3) is 0.161. The van der Waals surface area contributed by atoms with E-state index < -0.39 is 0 Å². The van der Waals surface area contributed by atoms with Gasteiger partial charge in [-0.05, 0) is 54.4 Å². The molecule has 38 heavy (non-hydrogen) atoms. The maximum atomic E-state index is 13.9. The summed E-state index contributed by atoms with van der Waals surface area (Å²) in [5.74, 6) is 1.72. The quantitative estimate of drug-likeness (QED) is 0.330. The largest absolute Gasteiger partial charge is 0.497 e. The number of nitrogens with zero attached hydrogens (tertiary/aromatic N) is 4. The monoisotopic (exact) mass is 503 g/mol. The zero-order valence-electron chi connectivity index (χ0n) is 21.4. The van der Waals surface area contributed by atoms with Gasteiger partial charge in [0.05, 0.1) is 36.8 Å². The molecule has 2 aromatic heterocycles. The molecule has 0 radical (unpaired) electrons. The van der Waals surface area contributed by atoms with E-state index in [1.165, 1.54) is 0 Å². The van der Waals surface area contributed by atoms with E-state index in [1.54, 1.807) is 7.11 Å². The molecule has 3 heterocycles. The summed E-state index contributed by atoms with van der Waals surface area (Å²) in [6.07, 6.45) is 2.06. The van der Waals surface area contributed by atoms with Crippen molar-refractivity contribution < 1.29 is 9.53 Å². The first-order chi connectivity index (χ1) is 18.6. The van der Waals surface area contributed by atoms with Gasteiger partial charge in [-0.15, -0.1) is 0 Å². The first-order valence-electron chi connectivity index (χ1n) is 12.7. The minimum absolute atomic E-state index is 0.144. The minimum atomic E-state index is -0.285. The molecule has 3 aromatic carbocycles.